The van der Waals surface area contributed by atoms with E-state index in [2.05, 4.69) is 70.3 Å². The quantitative estimate of drug-likeness (QED) is 0.524. The smallest absolute Gasteiger partial charge is 0.123 e. The van der Waals surface area contributed by atoms with E-state index in [1.165, 1.54) is 0 Å². The van der Waals surface area contributed by atoms with Crippen LogP contribution >= 0.6 is 0 Å². The highest BCUT2D eigenvalue weighted by molar-refractivity contribution is 6.51. The van der Waals surface area contributed by atoms with E-state index in [-0.39, 0.29) is 11.1 Å². The molecule has 0 bridgehead atoms. The topological polar surface area (TPSA) is 0 Å². The van der Waals surface area contributed by atoms with Crippen LogP contribution in [0.25, 0.3) is 0 Å². The molecule has 0 radical (unpaired) electrons. The third-order valence-corrected chi connectivity index (χ3v) is 4.52. The highest BCUT2D eigenvalue weighted by atomic mass is 28.2. The first-order chi connectivity index (χ1) is 9.78. The maximum atomic E-state index is 3.15. The van der Waals surface area contributed by atoms with Crippen molar-refractivity contribution in [2.24, 2.45) is 0 Å². The van der Waals surface area contributed by atoms with Crippen molar-refractivity contribution in [3.63, 3.8) is 0 Å². The minimum atomic E-state index is -0.615. The summed E-state index contributed by atoms with van der Waals surface area (Å²) in [7, 11) is -1.23. The lowest BCUT2D eigenvalue weighted by Crippen LogP contribution is -1.96. The van der Waals surface area contributed by atoms with Gasteiger partial charge in [0, 0.05) is 0 Å². The SMILES string of the molecule is CC#CC(C#CC)[SiH2]C#CC#C[SiH2]C(C#CC)C#CC. The number of hydrogen-bond acceptors (Lipinski definition) is 0. The summed E-state index contributed by atoms with van der Waals surface area (Å²) in [5, 5.41) is 0. The van der Waals surface area contributed by atoms with E-state index in [0.29, 0.717) is 0 Å². The monoisotopic (exact) mass is 290 g/mol. The van der Waals surface area contributed by atoms with Crippen molar-refractivity contribution in [2.75, 3.05) is 0 Å². The number of rotatable bonds is 2. The van der Waals surface area contributed by atoms with Gasteiger partial charge >= 0.3 is 0 Å². The summed E-state index contributed by atoms with van der Waals surface area (Å²) in [6, 6.07) is 0. The molecule has 2 heteroatoms. The Kier molecular flexibility index (Phi) is 11.8. The number of hydrogen-bond donors (Lipinski definition) is 0. The molecule has 0 aromatic heterocycles. The van der Waals surface area contributed by atoms with E-state index >= 15 is 0 Å². The van der Waals surface area contributed by atoms with Gasteiger partial charge in [0.05, 0.1) is 11.1 Å². The van der Waals surface area contributed by atoms with Crippen molar-refractivity contribution in [3.05, 3.63) is 0 Å². The molecule has 0 fully saturated rings. The average Bonchev–Trinajstić information content (AvgIpc) is 2.43. The molecule has 0 aliphatic rings. The van der Waals surface area contributed by atoms with Crippen LogP contribution < -0.4 is 0 Å². The molecular weight excluding hydrogens is 272 g/mol. The lowest BCUT2D eigenvalue weighted by Gasteiger charge is -1.92. The van der Waals surface area contributed by atoms with Crippen LogP contribution in [0, 0.1) is 70.3 Å². The van der Waals surface area contributed by atoms with Gasteiger partial charge in [-0.25, -0.2) is 0 Å². The first-order valence-electron chi connectivity index (χ1n) is 6.43. The lowest BCUT2D eigenvalue weighted by molar-refractivity contribution is 1.50. The second-order valence-corrected chi connectivity index (χ2v) is 6.85. The highest BCUT2D eigenvalue weighted by Gasteiger charge is 1.97. The molecule has 20 heavy (non-hydrogen) atoms. The Balaban J connectivity index is 4.46. The zero-order chi connectivity index (χ0) is 15.1. The molecule has 0 heterocycles. The molecule has 0 unspecified atom stereocenters. The molecule has 0 aliphatic carbocycles. The summed E-state index contributed by atoms with van der Waals surface area (Å²) in [4.78, 5) is 0. The molecule has 0 N–H and O–H groups in total. The van der Waals surface area contributed by atoms with Crippen molar-refractivity contribution in [2.45, 2.75) is 38.8 Å². The minimum Gasteiger partial charge on any atom is -0.123 e. The van der Waals surface area contributed by atoms with Crippen LogP contribution in [0.1, 0.15) is 27.7 Å². The van der Waals surface area contributed by atoms with E-state index in [9.17, 15) is 0 Å². The molecule has 0 saturated heterocycles. The van der Waals surface area contributed by atoms with Crippen molar-refractivity contribution < 1.29 is 0 Å². The van der Waals surface area contributed by atoms with Crippen molar-refractivity contribution in [3.8, 4) is 70.3 Å². The predicted molar refractivity (Wildman–Crippen MR) is 93.9 cm³/mol. The van der Waals surface area contributed by atoms with Gasteiger partial charge in [0.15, 0.2) is 0 Å². The van der Waals surface area contributed by atoms with Gasteiger partial charge in [-0.1, -0.05) is 23.7 Å². The Morgan fingerprint density at radius 1 is 0.550 bits per heavy atom. The van der Waals surface area contributed by atoms with Crippen LogP contribution in [-0.4, -0.2) is 19.0 Å². The van der Waals surface area contributed by atoms with Gasteiger partial charge < -0.3 is 0 Å². The van der Waals surface area contributed by atoms with Crippen LogP contribution in [0.4, 0.5) is 0 Å². The Hall–Kier alpha value is -2.21. The summed E-state index contributed by atoms with van der Waals surface area (Å²) >= 11 is 0. The summed E-state index contributed by atoms with van der Waals surface area (Å²) in [5.74, 6) is 29.8. The van der Waals surface area contributed by atoms with Crippen LogP contribution in [0.3, 0.4) is 0 Å². The van der Waals surface area contributed by atoms with Gasteiger partial charge in [-0.05, 0) is 39.5 Å². The van der Waals surface area contributed by atoms with Gasteiger partial charge in [0.1, 0.15) is 19.0 Å². The Morgan fingerprint density at radius 2 is 0.850 bits per heavy atom. The molecule has 0 spiro atoms. The molecule has 0 rings (SSSR count). The molecule has 0 aliphatic heterocycles. The molecule has 0 nitrogen and oxygen atoms in total. The minimum absolute atomic E-state index is 0.168. The normalized spacial score (nSPS) is 8.10. The standard InChI is InChI=1S/C18H18Si2/c1-5-11-17(12-6-2)19-15-9-10-16-20-18(13-7-3)14-8-4/h17-18H,19-20H2,1-4H3. The van der Waals surface area contributed by atoms with E-state index < -0.39 is 19.0 Å². The van der Waals surface area contributed by atoms with Crippen LogP contribution in [0.15, 0.2) is 0 Å². The second kappa shape index (κ2) is 13.2. The van der Waals surface area contributed by atoms with E-state index in [0.717, 1.165) is 0 Å². The maximum absolute atomic E-state index is 3.15. The van der Waals surface area contributed by atoms with E-state index in [1.807, 2.05) is 27.7 Å². The molecule has 0 aromatic carbocycles. The summed E-state index contributed by atoms with van der Waals surface area (Å²) in [5.41, 5.74) is 6.64. The summed E-state index contributed by atoms with van der Waals surface area (Å²) < 4.78 is 0. The van der Waals surface area contributed by atoms with Crippen molar-refractivity contribution >= 4 is 19.0 Å². The summed E-state index contributed by atoms with van der Waals surface area (Å²) in [6.07, 6.45) is 0. The van der Waals surface area contributed by atoms with E-state index in [1.54, 1.807) is 0 Å². The Bertz CT molecular complexity index is 560. The molecule has 0 amide bonds. The summed E-state index contributed by atoms with van der Waals surface area (Å²) in [6.45, 7) is 7.34. The van der Waals surface area contributed by atoms with E-state index in [4.69, 9.17) is 0 Å². The molecule has 98 valence electrons. The van der Waals surface area contributed by atoms with Gasteiger partial charge in [-0.2, -0.15) is 0 Å². The maximum Gasteiger partial charge on any atom is 0.138 e. The molecular formula is C18H18Si2. The van der Waals surface area contributed by atoms with Crippen molar-refractivity contribution in [1.29, 1.82) is 0 Å². The van der Waals surface area contributed by atoms with Crippen LogP contribution in [0.5, 0.6) is 0 Å². The van der Waals surface area contributed by atoms with Crippen molar-refractivity contribution in [1.82, 2.24) is 0 Å². The van der Waals surface area contributed by atoms with Gasteiger partial charge in [-0.3, -0.25) is 0 Å². The zero-order valence-corrected chi connectivity index (χ0v) is 15.4. The van der Waals surface area contributed by atoms with Gasteiger partial charge in [0.2, 0.25) is 0 Å². The Morgan fingerprint density at radius 3 is 1.10 bits per heavy atom. The third-order valence-electron chi connectivity index (χ3n) is 2.13. The fourth-order valence-corrected chi connectivity index (χ4v) is 3.38. The van der Waals surface area contributed by atoms with Crippen LogP contribution in [0.2, 0.25) is 11.1 Å². The van der Waals surface area contributed by atoms with Gasteiger partial charge in [0.25, 0.3) is 0 Å². The molecule has 0 saturated carbocycles. The fourth-order valence-electron chi connectivity index (χ4n) is 1.37. The zero-order valence-electron chi connectivity index (χ0n) is 12.6. The lowest BCUT2D eigenvalue weighted by atomic mass is 10.4. The fraction of sp³-hybridized carbons (Fsp3) is 0.333. The average molecular weight is 291 g/mol. The largest absolute Gasteiger partial charge is 0.138 e. The first kappa shape index (κ1) is 17.8. The highest BCUT2D eigenvalue weighted by Crippen LogP contribution is 1.97. The molecule has 0 aromatic rings. The second-order valence-electron chi connectivity index (χ2n) is 3.69. The first-order valence-corrected chi connectivity index (χ1v) is 9.48. The third kappa shape index (κ3) is 9.79. The van der Waals surface area contributed by atoms with Crippen LogP contribution in [-0.2, 0) is 0 Å². The predicted octanol–water partition coefficient (Wildman–Crippen LogP) is 0.916. The van der Waals surface area contributed by atoms with Gasteiger partial charge in [-0.15, -0.1) is 34.8 Å². The Labute approximate surface area is 128 Å². The molecule has 0 atom stereocenters.